The van der Waals surface area contributed by atoms with Crippen molar-refractivity contribution in [1.82, 2.24) is 10.3 Å². The van der Waals surface area contributed by atoms with E-state index in [-0.39, 0.29) is 11.4 Å². The van der Waals surface area contributed by atoms with E-state index in [0.29, 0.717) is 12.2 Å². The fourth-order valence-corrected chi connectivity index (χ4v) is 2.88. The van der Waals surface area contributed by atoms with Crippen LogP contribution < -0.4 is 5.32 Å². The number of thiophene rings is 1. The molecule has 0 spiro atoms. The molecule has 0 aromatic carbocycles. The van der Waals surface area contributed by atoms with Gasteiger partial charge in [-0.1, -0.05) is 19.9 Å². The van der Waals surface area contributed by atoms with Crippen molar-refractivity contribution < 1.29 is 9.53 Å². The summed E-state index contributed by atoms with van der Waals surface area (Å²) in [5, 5.41) is 5.53. The Hall–Kier alpha value is -1.59. The zero-order valence-electron chi connectivity index (χ0n) is 12.0. The van der Waals surface area contributed by atoms with Crippen molar-refractivity contribution in [2.75, 3.05) is 13.7 Å². The maximum atomic E-state index is 11.3. The van der Waals surface area contributed by atoms with Crippen LogP contribution in [0.2, 0.25) is 0 Å². The molecule has 0 saturated carbocycles. The minimum atomic E-state index is -0.338. The fraction of sp³-hybridized carbons (Fsp3) is 0.400. The summed E-state index contributed by atoms with van der Waals surface area (Å²) in [4.78, 5) is 15.8. The van der Waals surface area contributed by atoms with Gasteiger partial charge in [-0.3, -0.25) is 0 Å². The van der Waals surface area contributed by atoms with Gasteiger partial charge in [-0.2, -0.15) is 0 Å². The molecule has 0 unspecified atom stereocenters. The Kier molecular flexibility index (Phi) is 4.62. The Morgan fingerprint density at radius 2 is 2.20 bits per heavy atom. The Bertz CT molecular complexity index is 558. The summed E-state index contributed by atoms with van der Waals surface area (Å²) in [5.41, 5.74) is 1.57. The van der Waals surface area contributed by atoms with E-state index in [1.54, 1.807) is 17.4 Å². The van der Waals surface area contributed by atoms with E-state index in [1.165, 1.54) is 12.0 Å². The first kappa shape index (κ1) is 14.8. The average Bonchev–Trinajstić information content (AvgIpc) is 3.09. The van der Waals surface area contributed by atoms with Crippen molar-refractivity contribution in [1.29, 1.82) is 0 Å². The molecule has 0 bridgehead atoms. The largest absolute Gasteiger partial charge is 0.464 e. The molecule has 4 nitrogen and oxygen atoms in total. The molecule has 0 amide bonds. The monoisotopic (exact) mass is 292 g/mol. The summed E-state index contributed by atoms with van der Waals surface area (Å²) in [6, 6.07) is 7.89. The predicted octanol–water partition coefficient (Wildman–Crippen LogP) is 2.93. The van der Waals surface area contributed by atoms with E-state index >= 15 is 0 Å². The smallest absolute Gasteiger partial charge is 0.354 e. The summed E-state index contributed by atoms with van der Waals surface area (Å²) in [7, 11) is 1.38. The van der Waals surface area contributed by atoms with Crippen LogP contribution in [-0.4, -0.2) is 24.6 Å². The van der Waals surface area contributed by atoms with Gasteiger partial charge in [0.2, 0.25) is 0 Å². The molecular weight excluding hydrogens is 272 g/mol. The number of hydrogen-bond donors (Lipinski definition) is 2. The van der Waals surface area contributed by atoms with Crippen molar-refractivity contribution >= 4 is 17.3 Å². The van der Waals surface area contributed by atoms with Gasteiger partial charge in [0.05, 0.1) is 7.11 Å². The summed E-state index contributed by atoms with van der Waals surface area (Å²) in [5.74, 6) is -0.338. The number of carbonyl (C=O) groups is 1. The number of hydrogen-bond acceptors (Lipinski definition) is 4. The minimum absolute atomic E-state index is 0.103. The average molecular weight is 292 g/mol. The summed E-state index contributed by atoms with van der Waals surface area (Å²) < 4.78 is 4.67. The second-order valence-corrected chi connectivity index (χ2v) is 6.30. The lowest BCUT2D eigenvalue weighted by atomic mass is 9.91. The van der Waals surface area contributed by atoms with E-state index in [0.717, 1.165) is 12.2 Å². The van der Waals surface area contributed by atoms with Crippen molar-refractivity contribution in [2.45, 2.75) is 25.8 Å². The first-order valence-electron chi connectivity index (χ1n) is 6.54. The Morgan fingerprint density at radius 1 is 1.40 bits per heavy atom. The lowest BCUT2D eigenvalue weighted by Crippen LogP contribution is -2.32. The summed E-state index contributed by atoms with van der Waals surface area (Å²) in [6.07, 6.45) is 0. The SMILES string of the molecule is COC(=O)c1ccc(CNCC(C)(C)c2cccs2)[nH]1. The lowest BCUT2D eigenvalue weighted by Gasteiger charge is -2.23. The number of nitrogens with one attached hydrogen (secondary N) is 2. The summed E-state index contributed by atoms with van der Waals surface area (Å²) in [6.45, 7) is 6.02. The van der Waals surface area contributed by atoms with Crippen LogP contribution >= 0.6 is 11.3 Å². The van der Waals surface area contributed by atoms with Crippen molar-refractivity contribution in [3.05, 3.63) is 45.9 Å². The normalized spacial score (nSPS) is 11.6. The van der Waals surface area contributed by atoms with E-state index in [4.69, 9.17) is 0 Å². The third-order valence-electron chi connectivity index (χ3n) is 3.22. The molecule has 0 radical (unpaired) electrons. The van der Waals surface area contributed by atoms with Crippen molar-refractivity contribution in [2.24, 2.45) is 0 Å². The highest BCUT2D eigenvalue weighted by Gasteiger charge is 2.21. The van der Waals surface area contributed by atoms with Crippen molar-refractivity contribution in [3.8, 4) is 0 Å². The number of carbonyl (C=O) groups excluding carboxylic acids is 1. The molecule has 2 N–H and O–H groups in total. The molecule has 0 atom stereocenters. The predicted molar refractivity (Wildman–Crippen MR) is 81.2 cm³/mol. The second kappa shape index (κ2) is 6.24. The number of rotatable bonds is 6. The van der Waals surface area contributed by atoms with Gasteiger partial charge in [-0.25, -0.2) is 4.79 Å². The van der Waals surface area contributed by atoms with Gasteiger partial charge in [0.1, 0.15) is 5.69 Å². The highest BCUT2D eigenvalue weighted by molar-refractivity contribution is 7.10. The van der Waals surface area contributed by atoms with Gasteiger partial charge in [0.25, 0.3) is 0 Å². The number of aromatic amines is 1. The first-order valence-corrected chi connectivity index (χ1v) is 7.42. The minimum Gasteiger partial charge on any atom is -0.464 e. The molecule has 0 aliphatic heterocycles. The fourth-order valence-electron chi connectivity index (χ4n) is 2.03. The molecule has 2 heterocycles. The quantitative estimate of drug-likeness (QED) is 0.805. The van der Waals surface area contributed by atoms with Crippen LogP contribution in [0.25, 0.3) is 0 Å². The lowest BCUT2D eigenvalue weighted by molar-refractivity contribution is 0.0594. The van der Waals surface area contributed by atoms with Crippen molar-refractivity contribution in [3.63, 3.8) is 0 Å². The van der Waals surface area contributed by atoms with Gasteiger partial charge in [0.15, 0.2) is 0 Å². The van der Waals surface area contributed by atoms with E-state index in [2.05, 4.69) is 46.4 Å². The molecule has 2 rings (SSSR count). The van der Waals surface area contributed by atoms with Crippen LogP contribution in [0.4, 0.5) is 0 Å². The maximum Gasteiger partial charge on any atom is 0.354 e. The molecule has 0 aliphatic rings. The number of ether oxygens (including phenoxy) is 1. The standard InChI is InChI=1S/C15H20N2O2S/c1-15(2,13-5-4-8-20-13)10-16-9-11-6-7-12(17-11)14(18)19-3/h4-8,16-17H,9-10H2,1-3H3. The van der Waals surface area contributed by atoms with Crippen LogP contribution in [0.3, 0.4) is 0 Å². The number of aromatic nitrogens is 1. The Balaban J connectivity index is 1.87. The van der Waals surface area contributed by atoms with Gasteiger partial charge < -0.3 is 15.0 Å². The van der Waals surface area contributed by atoms with Crippen LogP contribution in [0.5, 0.6) is 0 Å². The van der Waals surface area contributed by atoms with Gasteiger partial charge in [0, 0.05) is 29.1 Å². The zero-order chi connectivity index (χ0) is 14.6. The van der Waals surface area contributed by atoms with Crippen LogP contribution in [-0.2, 0) is 16.7 Å². The van der Waals surface area contributed by atoms with E-state index in [9.17, 15) is 4.79 Å². The van der Waals surface area contributed by atoms with E-state index < -0.39 is 0 Å². The number of methoxy groups -OCH3 is 1. The molecule has 2 aromatic heterocycles. The Morgan fingerprint density at radius 3 is 2.85 bits per heavy atom. The topological polar surface area (TPSA) is 54.1 Å². The molecule has 0 aliphatic carbocycles. The first-order chi connectivity index (χ1) is 9.53. The van der Waals surface area contributed by atoms with Crippen LogP contribution in [0.1, 0.15) is 34.9 Å². The van der Waals surface area contributed by atoms with Crippen LogP contribution in [0, 0.1) is 0 Å². The third-order valence-corrected chi connectivity index (χ3v) is 4.46. The molecule has 108 valence electrons. The van der Waals surface area contributed by atoms with E-state index in [1.807, 2.05) is 6.07 Å². The molecule has 0 saturated heterocycles. The van der Waals surface area contributed by atoms with Crippen LogP contribution in [0.15, 0.2) is 29.6 Å². The third kappa shape index (κ3) is 3.49. The molecule has 0 fully saturated rings. The number of H-pyrrole nitrogens is 1. The van der Waals surface area contributed by atoms with Gasteiger partial charge in [-0.05, 0) is 23.6 Å². The number of esters is 1. The second-order valence-electron chi connectivity index (χ2n) is 5.35. The molecule has 20 heavy (non-hydrogen) atoms. The summed E-state index contributed by atoms with van der Waals surface area (Å²) >= 11 is 1.78. The van der Waals surface area contributed by atoms with Gasteiger partial charge in [-0.15, -0.1) is 11.3 Å². The zero-order valence-corrected chi connectivity index (χ0v) is 12.8. The highest BCUT2D eigenvalue weighted by Crippen LogP contribution is 2.26. The maximum absolute atomic E-state index is 11.3. The Labute approximate surface area is 123 Å². The molecule has 5 heteroatoms. The molecule has 2 aromatic rings. The molecular formula is C15H20N2O2S. The highest BCUT2D eigenvalue weighted by atomic mass is 32.1. The van der Waals surface area contributed by atoms with Gasteiger partial charge >= 0.3 is 5.97 Å².